The van der Waals surface area contributed by atoms with Crippen LogP contribution in [0, 0.1) is 11.3 Å². The van der Waals surface area contributed by atoms with E-state index in [9.17, 15) is 4.79 Å². The van der Waals surface area contributed by atoms with Crippen molar-refractivity contribution in [2.45, 2.75) is 31.7 Å². The number of carbonyl (C=O) groups is 1. The number of benzene rings is 1. The second-order valence-electron chi connectivity index (χ2n) is 4.94. The van der Waals surface area contributed by atoms with Gasteiger partial charge in [-0.2, -0.15) is 5.26 Å². The van der Waals surface area contributed by atoms with E-state index in [-0.39, 0.29) is 5.91 Å². The number of likely N-dealkylation sites (N-methyl/N-ethyl adjacent to an activating group) is 1. The van der Waals surface area contributed by atoms with E-state index in [0.717, 1.165) is 12.8 Å². The van der Waals surface area contributed by atoms with Crippen LogP contribution in [0.1, 0.15) is 31.2 Å². The molecule has 1 saturated carbocycles. The number of hydrogen-bond acceptors (Lipinski definition) is 3. The summed E-state index contributed by atoms with van der Waals surface area (Å²) in [5, 5.41) is 12.3. The summed E-state index contributed by atoms with van der Waals surface area (Å²) in [6.07, 6.45) is 4.81. The molecule has 2 rings (SSSR count). The third-order valence-corrected chi connectivity index (χ3v) is 3.66. The van der Waals surface area contributed by atoms with Crippen molar-refractivity contribution >= 4 is 11.6 Å². The standard InChI is InChI=1S/C15H19N3O/c1-18(14-9-5-2-6-12(14)10-16)15(19)11-17-13-7-3-4-8-13/h2,5-6,9,13,17H,3-4,7-8,11H2,1H3. The van der Waals surface area contributed by atoms with Crippen molar-refractivity contribution in [1.82, 2.24) is 5.32 Å². The molecular weight excluding hydrogens is 238 g/mol. The number of amides is 1. The first-order chi connectivity index (χ1) is 9.22. The van der Waals surface area contributed by atoms with Gasteiger partial charge in [-0.15, -0.1) is 0 Å². The van der Waals surface area contributed by atoms with Crippen LogP contribution in [0.5, 0.6) is 0 Å². The maximum atomic E-state index is 12.1. The third-order valence-electron chi connectivity index (χ3n) is 3.66. The Labute approximate surface area is 114 Å². The zero-order valence-electron chi connectivity index (χ0n) is 11.2. The van der Waals surface area contributed by atoms with Crippen LogP contribution >= 0.6 is 0 Å². The minimum Gasteiger partial charge on any atom is -0.313 e. The molecule has 0 bridgehead atoms. The maximum Gasteiger partial charge on any atom is 0.240 e. The highest BCUT2D eigenvalue weighted by atomic mass is 16.2. The molecule has 0 saturated heterocycles. The second-order valence-corrected chi connectivity index (χ2v) is 4.94. The first kappa shape index (κ1) is 13.6. The molecule has 1 aromatic rings. The molecule has 0 unspecified atom stereocenters. The first-order valence-corrected chi connectivity index (χ1v) is 6.71. The molecule has 1 aromatic carbocycles. The fourth-order valence-corrected chi connectivity index (χ4v) is 2.48. The number of anilines is 1. The predicted molar refractivity (Wildman–Crippen MR) is 74.8 cm³/mol. The Morgan fingerprint density at radius 2 is 2.11 bits per heavy atom. The molecule has 0 aliphatic heterocycles. The zero-order chi connectivity index (χ0) is 13.7. The highest BCUT2D eigenvalue weighted by Crippen LogP contribution is 2.19. The third kappa shape index (κ3) is 3.33. The van der Waals surface area contributed by atoms with Gasteiger partial charge in [-0.25, -0.2) is 0 Å². The zero-order valence-corrected chi connectivity index (χ0v) is 11.2. The van der Waals surface area contributed by atoms with Crippen LogP contribution in [0.2, 0.25) is 0 Å². The lowest BCUT2D eigenvalue weighted by Gasteiger charge is -2.20. The molecular formula is C15H19N3O. The van der Waals surface area contributed by atoms with Gasteiger partial charge in [-0.1, -0.05) is 25.0 Å². The maximum absolute atomic E-state index is 12.1. The van der Waals surface area contributed by atoms with Gasteiger partial charge < -0.3 is 10.2 Å². The molecule has 0 heterocycles. The average molecular weight is 257 g/mol. The Kier molecular flexibility index (Phi) is 4.53. The van der Waals surface area contributed by atoms with Crippen molar-refractivity contribution in [3.8, 4) is 6.07 Å². The number of nitrogens with one attached hydrogen (secondary N) is 1. The summed E-state index contributed by atoms with van der Waals surface area (Å²) in [4.78, 5) is 13.7. The van der Waals surface area contributed by atoms with Crippen molar-refractivity contribution < 1.29 is 4.79 Å². The fraction of sp³-hybridized carbons (Fsp3) is 0.467. The summed E-state index contributed by atoms with van der Waals surface area (Å²) < 4.78 is 0. The van der Waals surface area contributed by atoms with Gasteiger partial charge in [0, 0.05) is 13.1 Å². The van der Waals surface area contributed by atoms with E-state index in [1.165, 1.54) is 12.8 Å². The number of carbonyl (C=O) groups excluding carboxylic acids is 1. The van der Waals surface area contributed by atoms with Crippen molar-refractivity contribution in [3.63, 3.8) is 0 Å². The highest BCUT2D eigenvalue weighted by molar-refractivity contribution is 5.95. The van der Waals surface area contributed by atoms with Gasteiger partial charge in [0.15, 0.2) is 0 Å². The van der Waals surface area contributed by atoms with Crippen molar-refractivity contribution in [2.75, 3.05) is 18.5 Å². The molecule has 100 valence electrons. The van der Waals surface area contributed by atoms with Crippen LogP contribution in [0.4, 0.5) is 5.69 Å². The largest absolute Gasteiger partial charge is 0.313 e. The van der Waals surface area contributed by atoms with Crippen LogP contribution in [0.25, 0.3) is 0 Å². The minimum atomic E-state index is -0.00500. The van der Waals surface area contributed by atoms with Gasteiger partial charge in [0.1, 0.15) is 6.07 Å². The van der Waals surface area contributed by atoms with Crippen LogP contribution in [0.15, 0.2) is 24.3 Å². The number of nitrogens with zero attached hydrogens (tertiary/aromatic N) is 2. The Morgan fingerprint density at radius 1 is 1.42 bits per heavy atom. The normalized spacial score (nSPS) is 15.2. The van der Waals surface area contributed by atoms with Crippen LogP contribution in [-0.4, -0.2) is 25.5 Å². The van der Waals surface area contributed by atoms with Gasteiger partial charge in [0.25, 0.3) is 0 Å². The van der Waals surface area contributed by atoms with Crippen LogP contribution in [0.3, 0.4) is 0 Å². The molecule has 4 nitrogen and oxygen atoms in total. The smallest absolute Gasteiger partial charge is 0.240 e. The van der Waals surface area contributed by atoms with E-state index in [0.29, 0.717) is 23.8 Å². The van der Waals surface area contributed by atoms with E-state index in [1.807, 2.05) is 6.07 Å². The van der Waals surface area contributed by atoms with Crippen molar-refractivity contribution in [2.24, 2.45) is 0 Å². The minimum absolute atomic E-state index is 0.00500. The average Bonchev–Trinajstić information content (AvgIpc) is 2.97. The molecule has 1 fully saturated rings. The molecule has 19 heavy (non-hydrogen) atoms. The van der Waals surface area contributed by atoms with Crippen LogP contribution < -0.4 is 10.2 Å². The van der Waals surface area contributed by atoms with Gasteiger partial charge >= 0.3 is 0 Å². The number of para-hydroxylation sites is 1. The summed E-state index contributed by atoms with van der Waals surface area (Å²) in [5.41, 5.74) is 1.20. The molecule has 0 radical (unpaired) electrons. The first-order valence-electron chi connectivity index (χ1n) is 6.71. The van der Waals surface area contributed by atoms with E-state index in [4.69, 9.17) is 5.26 Å². The van der Waals surface area contributed by atoms with Gasteiger partial charge in [0.2, 0.25) is 5.91 Å². The molecule has 0 aromatic heterocycles. The Hall–Kier alpha value is -1.86. The predicted octanol–water partition coefficient (Wildman–Crippen LogP) is 2.05. The Morgan fingerprint density at radius 3 is 2.79 bits per heavy atom. The van der Waals surface area contributed by atoms with Crippen molar-refractivity contribution in [3.05, 3.63) is 29.8 Å². The van der Waals surface area contributed by atoms with E-state index in [1.54, 1.807) is 30.1 Å². The lowest BCUT2D eigenvalue weighted by molar-refractivity contribution is -0.117. The van der Waals surface area contributed by atoms with Crippen LogP contribution in [-0.2, 0) is 4.79 Å². The molecule has 0 spiro atoms. The molecule has 0 atom stereocenters. The highest BCUT2D eigenvalue weighted by Gasteiger charge is 2.18. The Bertz CT molecular complexity index is 486. The molecule has 4 heteroatoms. The number of rotatable bonds is 4. The van der Waals surface area contributed by atoms with Gasteiger partial charge in [-0.3, -0.25) is 4.79 Å². The fourth-order valence-electron chi connectivity index (χ4n) is 2.48. The van der Waals surface area contributed by atoms with E-state index in [2.05, 4.69) is 11.4 Å². The lowest BCUT2D eigenvalue weighted by atomic mass is 10.2. The number of nitriles is 1. The SMILES string of the molecule is CN(C(=O)CNC1CCCC1)c1ccccc1C#N. The summed E-state index contributed by atoms with van der Waals surface area (Å²) in [5.74, 6) is -0.00500. The summed E-state index contributed by atoms with van der Waals surface area (Å²) in [6.45, 7) is 0.334. The van der Waals surface area contributed by atoms with Crippen molar-refractivity contribution in [1.29, 1.82) is 5.26 Å². The summed E-state index contributed by atoms with van der Waals surface area (Å²) >= 11 is 0. The van der Waals surface area contributed by atoms with E-state index < -0.39 is 0 Å². The van der Waals surface area contributed by atoms with E-state index >= 15 is 0 Å². The molecule has 1 aliphatic rings. The topological polar surface area (TPSA) is 56.1 Å². The monoisotopic (exact) mass is 257 g/mol. The quantitative estimate of drug-likeness (QED) is 0.898. The second kappa shape index (κ2) is 6.35. The van der Waals surface area contributed by atoms with Gasteiger partial charge in [0.05, 0.1) is 17.8 Å². The summed E-state index contributed by atoms with van der Waals surface area (Å²) in [7, 11) is 1.72. The molecule has 1 aliphatic carbocycles. The molecule has 1 N–H and O–H groups in total. The number of hydrogen-bond donors (Lipinski definition) is 1. The Balaban J connectivity index is 1.96. The lowest BCUT2D eigenvalue weighted by Crippen LogP contribution is -2.39. The summed E-state index contributed by atoms with van der Waals surface area (Å²) in [6, 6.07) is 9.75. The van der Waals surface area contributed by atoms with Gasteiger partial charge in [-0.05, 0) is 25.0 Å². The molecule has 1 amide bonds.